The number of aromatic nitrogens is 2. The summed E-state index contributed by atoms with van der Waals surface area (Å²) in [4.78, 5) is 0. The van der Waals surface area contributed by atoms with Gasteiger partial charge in [-0.05, 0) is 0 Å². The van der Waals surface area contributed by atoms with Crippen LogP contribution in [0.4, 0.5) is 0 Å². The molecule has 1 aromatic rings. The maximum Gasteiger partial charge on any atom is 0.414 e. The molecule has 0 saturated heterocycles. The molecule has 1 aromatic heterocycles. The number of rotatable bonds is 1. The quantitative estimate of drug-likeness (QED) is 0.492. The molecule has 0 aliphatic rings. The lowest BCUT2D eigenvalue weighted by Gasteiger charge is -1.81. The smallest absolute Gasteiger partial charge is 0.414 e. The van der Waals surface area contributed by atoms with Crippen LogP contribution in [0, 0.1) is 6.39 Å². The third-order valence-corrected chi connectivity index (χ3v) is 0.480. The van der Waals surface area contributed by atoms with Gasteiger partial charge in [-0.2, -0.15) is 0 Å². The van der Waals surface area contributed by atoms with Gasteiger partial charge in [-0.3, -0.25) is 0 Å². The average Bonchev–Trinajstić information content (AvgIpc) is 2.14. The van der Waals surface area contributed by atoms with Crippen LogP contribution in [0.2, 0.25) is 0 Å². The predicted octanol–water partition coefficient (Wildman–Crippen LogP) is -0.122. The molecule has 0 fully saturated rings. The Morgan fingerprint density at radius 3 is 3.00 bits per heavy atom. The van der Waals surface area contributed by atoms with Gasteiger partial charge in [-0.25, -0.2) is 0 Å². The van der Waals surface area contributed by atoms with Gasteiger partial charge in [0.25, 0.3) is 0 Å². The average molecular weight is 99.1 g/mol. The standard InChI is InChI=1S/C3H3N2O2/c1-6-3-5-4-2-7-3/h1H3. The van der Waals surface area contributed by atoms with Crippen LogP contribution in [-0.4, -0.2) is 17.3 Å². The first-order valence-electron chi connectivity index (χ1n) is 1.67. The van der Waals surface area contributed by atoms with Crippen LogP contribution in [-0.2, 0) is 0 Å². The topological polar surface area (TPSA) is 48.2 Å². The number of nitrogens with zero attached hydrogens (tertiary/aromatic N) is 2. The molecule has 0 atom stereocenters. The van der Waals surface area contributed by atoms with Gasteiger partial charge in [0, 0.05) is 0 Å². The number of ether oxygens (including phenoxy) is 1. The minimum absolute atomic E-state index is 0.139. The number of hydrogen-bond acceptors (Lipinski definition) is 4. The summed E-state index contributed by atoms with van der Waals surface area (Å²) in [5, 5.41) is 6.57. The molecule has 0 N–H and O–H groups in total. The highest BCUT2D eigenvalue weighted by molar-refractivity contribution is 4.74. The van der Waals surface area contributed by atoms with Crippen LogP contribution >= 0.6 is 0 Å². The van der Waals surface area contributed by atoms with Gasteiger partial charge in [-0.15, -0.1) is 0 Å². The molecular formula is C3H3N2O2. The highest BCUT2D eigenvalue weighted by Gasteiger charge is 1.90. The molecule has 4 heteroatoms. The fraction of sp³-hybridized carbons (Fsp3) is 0.333. The van der Waals surface area contributed by atoms with E-state index >= 15 is 0 Å². The summed E-state index contributed by atoms with van der Waals surface area (Å²) in [6, 6.07) is 0. The zero-order chi connectivity index (χ0) is 5.11. The first-order chi connectivity index (χ1) is 3.43. The normalized spacial score (nSPS) is 8.71. The Balaban J connectivity index is 2.76. The van der Waals surface area contributed by atoms with E-state index < -0.39 is 0 Å². The lowest BCUT2D eigenvalue weighted by molar-refractivity contribution is 0.288. The highest BCUT2D eigenvalue weighted by Crippen LogP contribution is 1.97. The Hall–Kier alpha value is -1.06. The second-order valence-corrected chi connectivity index (χ2v) is 0.863. The van der Waals surface area contributed by atoms with Gasteiger partial charge < -0.3 is 9.15 Å². The summed E-state index contributed by atoms with van der Waals surface area (Å²) in [6.07, 6.45) is 2.26. The maximum atomic E-state index is 4.48. The first-order valence-corrected chi connectivity index (χ1v) is 1.67. The molecule has 4 nitrogen and oxygen atoms in total. The molecule has 0 unspecified atom stereocenters. The van der Waals surface area contributed by atoms with Crippen molar-refractivity contribution in [3.05, 3.63) is 6.39 Å². The fourth-order valence-electron chi connectivity index (χ4n) is 0.224. The lowest BCUT2D eigenvalue weighted by Crippen LogP contribution is -1.79. The number of methoxy groups -OCH3 is 1. The molecule has 0 aliphatic carbocycles. The van der Waals surface area contributed by atoms with E-state index in [0.29, 0.717) is 0 Å². The van der Waals surface area contributed by atoms with Crippen molar-refractivity contribution >= 4 is 0 Å². The van der Waals surface area contributed by atoms with E-state index in [1.54, 1.807) is 0 Å². The molecule has 0 bridgehead atoms. The molecule has 1 heterocycles. The Labute approximate surface area is 40.1 Å². The first kappa shape index (κ1) is 4.11. The van der Waals surface area contributed by atoms with Crippen molar-refractivity contribution in [2.45, 2.75) is 0 Å². The minimum Gasteiger partial charge on any atom is -0.452 e. The molecule has 1 rings (SSSR count). The van der Waals surface area contributed by atoms with Gasteiger partial charge in [0.1, 0.15) is 0 Å². The van der Waals surface area contributed by atoms with Crippen LogP contribution in [0.1, 0.15) is 0 Å². The van der Waals surface area contributed by atoms with E-state index in [-0.39, 0.29) is 6.08 Å². The molecule has 37 valence electrons. The molecule has 0 aliphatic heterocycles. The molecule has 7 heavy (non-hydrogen) atoms. The number of hydrogen-bond donors (Lipinski definition) is 0. The van der Waals surface area contributed by atoms with Crippen molar-refractivity contribution < 1.29 is 9.15 Å². The maximum absolute atomic E-state index is 4.48. The van der Waals surface area contributed by atoms with Crippen molar-refractivity contribution in [3.8, 4) is 6.08 Å². The van der Waals surface area contributed by atoms with E-state index in [0.717, 1.165) is 0 Å². The summed E-state index contributed by atoms with van der Waals surface area (Å²) in [5.74, 6) is 0. The summed E-state index contributed by atoms with van der Waals surface area (Å²) in [7, 11) is 1.45. The van der Waals surface area contributed by atoms with Gasteiger partial charge in [0.2, 0.25) is 0 Å². The van der Waals surface area contributed by atoms with Crippen molar-refractivity contribution in [1.29, 1.82) is 0 Å². The van der Waals surface area contributed by atoms with Gasteiger partial charge in [0.15, 0.2) is 0 Å². The highest BCUT2D eigenvalue weighted by atomic mass is 16.6. The summed E-state index contributed by atoms with van der Waals surface area (Å²) >= 11 is 0. The van der Waals surface area contributed by atoms with E-state index in [2.05, 4.69) is 25.7 Å². The van der Waals surface area contributed by atoms with Crippen molar-refractivity contribution in [2.75, 3.05) is 7.11 Å². The van der Waals surface area contributed by atoms with Crippen LogP contribution in [0.3, 0.4) is 0 Å². The Kier molecular flexibility index (Phi) is 0.934. The van der Waals surface area contributed by atoms with E-state index in [1.807, 2.05) is 0 Å². The largest absolute Gasteiger partial charge is 0.452 e. The molecule has 0 spiro atoms. The zero-order valence-corrected chi connectivity index (χ0v) is 3.71. The van der Waals surface area contributed by atoms with Crippen LogP contribution in [0.5, 0.6) is 6.08 Å². The summed E-state index contributed by atoms with van der Waals surface area (Å²) in [5.41, 5.74) is 0. The SMILES string of the molecule is COc1nn[c]o1. The van der Waals surface area contributed by atoms with Crippen molar-refractivity contribution in [2.24, 2.45) is 0 Å². The third kappa shape index (κ3) is 0.677. The van der Waals surface area contributed by atoms with E-state index in [1.165, 1.54) is 7.11 Å². The second-order valence-electron chi connectivity index (χ2n) is 0.863. The van der Waals surface area contributed by atoms with Gasteiger partial charge >= 0.3 is 12.5 Å². The molecule has 0 aromatic carbocycles. The fourth-order valence-corrected chi connectivity index (χ4v) is 0.224. The molecule has 0 amide bonds. The summed E-state index contributed by atoms with van der Waals surface area (Å²) in [6.45, 7) is 0. The van der Waals surface area contributed by atoms with Gasteiger partial charge in [-0.1, -0.05) is 10.2 Å². The lowest BCUT2D eigenvalue weighted by atomic mass is 11.3. The molecular weight excluding hydrogens is 96.0 g/mol. The van der Waals surface area contributed by atoms with E-state index in [9.17, 15) is 0 Å². The van der Waals surface area contributed by atoms with Crippen LogP contribution in [0.25, 0.3) is 0 Å². The second kappa shape index (κ2) is 1.59. The Morgan fingerprint density at radius 2 is 2.71 bits per heavy atom. The Bertz CT molecular complexity index is 125. The van der Waals surface area contributed by atoms with Crippen molar-refractivity contribution in [3.63, 3.8) is 0 Å². The predicted molar refractivity (Wildman–Crippen MR) is 19.7 cm³/mol. The monoisotopic (exact) mass is 99.0 g/mol. The van der Waals surface area contributed by atoms with Crippen LogP contribution < -0.4 is 4.74 Å². The Morgan fingerprint density at radius 1 is 1.86 bits per heavy atom. The molecule has 0 saturated carbocycles. The summed E-state index contributed by atoms with van der Waals surface area (Å²) < 4.78 is 8.90. The zero-order valence-electron chi connectivity index (χ0n) is 3.71. The van der Waals surface area contributed by atoms with Gasteiger partial charge in [0.05, 0.1) is 7.11 Å². The third-order valence-electron chi connectivity index (χ3n) is 0.480. The van der Waals surface area contributed by atoms with Crippen molar-refractivity contribution in [1.82, 2.24) is 10.2 Å². The minimum atomic E-state index is 0.139. The van der Waals surface area contributed by atoms with Crippen LogP contribution in [0.15, 0.2) is 4.42 Å². The molecule has 1 radical (unpaired) electrons. The van der Waals surface area contributed by atoms with E-state index in [4.69, 9.17) is 0 Å².